The maximum absolute atomic E-state index is 10.0. The summed E-state index contributed by atoms with van der Waals surface area (Å²) in [5.74, 6) is -0.353. The van der Waals surface area contributed by atoms with Crippen LogP contribution in [0.1, 0.15) is 12.8 Å². The Labute approximate surface area is 65.2 Å². The number of carboxylic acid groups (broad SMARTS) is 1. The van der Waals surface area contributed by atoms with Crippen molar-refractivity contribution in [1.29, 1.82) is 0 Å². The van der Waals surface area contributed by atoms with Crippen LogP contribution in [0.15, 0.2) is 0 Å². The Hall–Kier alpha value is -0.610. The molecule has 0 aromatic carbocycles. The van der Waals surface area contributed by atoms with Crippen molar-refractivity contribution in [2.75, 3.05) is 13.1 Å². The first-order valence-electron chi connectivity index (χ1n) is 3.79. The molecule has 1 fully saturated rings. The van der Waals surface area contributed by atoms with Gasteiger partial charge in [-0.15, -0.1) is 0 Å². The molecule has 0 unspecified atom stereocenters. The number of carboxylic acids is 1. The smallest absolute Gasteiger partial charge is 0.317 e. The zero-order chi connectivity index (χ0) is 8.27. The number of aliphatic carboxylic acids is 1. The van der Waals surface area contributed by atoms with E-state index in [2.05, 4.69) is 5.32 Å². The van der Waals surface area contributed by atoms with Gasteiger partial charge in [0.05, 0.1) is 12.6 Å². The summed E-state index contributed by atoms with van der Waals surface area (Å²) in [6.45, 7) is 0.732. The number of carbonyl (C=O) groups is 1. The molecule has 0 saturated heterocycles. The van der Waals surface area contributed by atoms with Crippen molar-refractivity contribution in [1.82, 2.24) is 5.32 Å². The summed E-state index contributed by atoms with van der Waals surface area (Å²) in [4.78, 5) is 10.0. The predicted molar refractivity (Wildman–Crippen MR) is 39.2 cm³/mol. The fraction of sp³-hybridized carbons (Fsp3) is 0.857. The minimum absolute atomic E-state index is 0.0204. The molecule has 4 heteroatoms. The first kappa shape index (κ1) is 8.49. The third-order valence-electron chi connectivity index (χ3n) is 1.92. The Balaban J connectivity index is 1.92. The summed E-state index contributed by atoms with van der Waals surface area (Å²) >= 11 is 0. The number of aliphatic hydroxyl groups excluding tert-OH is 1. The summed E-state index contributed by atoms with van der Waals surface area (Å²) in [6, 6.07) is 0. The highest BCUT2D eigenvalue weighted by molar-refractivity contribution is 5.68. The van der Waals surface area contributed by atoms with Crippen LogP contribution in [0.5, 0.6) is 0 Å². The maximum atomic E-state index is 10.0. The van der Waals surface area contributed by atoms with Gasteiger partial charge in [0.2, 0.25) is 0 Å². The molecule has 0 amide bonds. The Morgan fingerprint density at radius 2 is 2.18 bits per heavy atom. The lowest BCUT2D eigenvalue weighted by Gasteiger charge is -2.31. The topological polar surface area (TPSA) is 69.6 Å². The van der Waals surface area contributed by atoms with E-state index in [1.165, 1.54) is 0 Å². The molecule has 3 N–H and O–H groups in total. The van der Waals surface area contributed by atoms with Crippen molar-refractivity contribution in [2.45, 2.75) is 18.9 Å². The summed E-state index contributed by atoms with van der Waals surface area (Å²) in [5, 5.41) is 19.9. The first-order chi connectivity index (χ1) is 5.18. The monoisotopic (exact) mass is 159 g/mol. The lowest BCUT2D eigenvalue weighted by atomic mass is 9.82. The van der Waals surface area contributed by atoms with Crippen LogP contribution in [-0.4, -0.2) is 35.4 Å². The Morgan fingerprint density at radius 3 is 2.64 bits per heavy atom. The van der Waals surface area contributed by atoms with Gasteiger partial charge in [-0.05, 0) is 25.3 Å². The van der Waals surface area contributed by atoms with E-state index in [0.717, 1.165) is 12.8 Å². The molecule has 0 aliphatic heterocycles. The van der Waals surface area contributed by atoms with Gasteiger partial charge in [0.1, 0.15) is 0 Å². The molecular formula is C7H13NO3. The fourth-order valence-corrected chi connectivity index (χ4v) is 1.25. The average molecular weight is 159 g/mol. The molecule has 0 bridgehead atoms. The quantitative estimate of drug-likeness (QED) is 0.514. The van der Waals surface area contributed by atoms with E-state index < -0.39 is 5.97 Å². The second-order valence-corrected chi connectivity index (χ2v) is 3.02. The molecule has 1 saturated carbocycles. The molecule has 0 aromatic heterocycles. The molecule has 11 heavy (non-hydrogen) atoms. The molecule has 1 aliphatic carbocycles. The van der Waals surface area contributed by atoms with Crippen molar-refractivity contribution >= 4 is 5.97 Å². The minimum atomic E-state index is -0.829. The zero-order valence-corrected chi connectivity index (χ0v) is 6.29. The Kier molecular flexibility index (Phi) is 2.84. The summed E-state index contributed by atoms with van der Waals surface area (Å²) < 4.78 is 0. The number of rotatable bonds is 4. The largest absolute Gasteiger partial charge is 0.480 e. The molecule has 4 nitrogen and oxygen atoms in total. The first-order valence-corrected chi connectivity index (χ1v) is 3.79. The Morgan fingerprint density at radius 1 is 1.55 bits per heavy atom. The van der Waals surface area contributed by atoms with Crippen LogP contribution in [0.4, 0.5) is 0 Å². The van der Waals surface area contributed by atoms with Crippen LogP contribution in [0.3, 0.4) is 0 Å². The normalized spacial score (nSPS) is 29.5. The van der Waals surface area contributed by atoms with Crippen LogP contribution < -0.4 is 5.32 Å². The fourth-order valence-electron chi connectivity index (χ4n) is 1.25. The number of aliphatic hydroxyl groups is 1. The van der Waals surface area contributed by atoms with Gasteiger partial charge in [0.15, 0.2) is 0 Å². The lowest BCUT2D eigenvalue weighted by molar-refractivity contribution is -0.136. The van der Waals surface area contributed by atoms with E-state index in [-0.39, 0.29) is 12.6 Å². The van der Waals surface area contributed by atoms with Gasteiger partial charge in [0, 0.05) is 0 Å². The van der Waals surface area contributed by atoms with Crippen molar-refractivity contribution in [3.05, 3.63) is 0 Å². The van der Waals surface area contributed by atoms with Crippen LogP contribution in [0.2, 0.25) is 0 Å². The van der Waals surface area contributed by atoms with Crippen molar-refractivity contribution in [3.63, 3.8) is 0 Å². The zero-order valence-electron chi connectivity index (χ0n) is 6.29. The van der Waals surface area contributed by atoms with Gasteiger partial charge in [-0.25, -0.2) is 0 Å². The van der Waals surface area contributed by atoms with Crippen molar-refractivity contribution < 1.29 is 15.0 Å². The Bertz CT molecular complexity index is 143. The molecule has 0 atom stereocenters. The van der Waals surface area contributed by atoms with Crippen molar-refractivity contribution in [2.24, 2.45) is 5.92 Å². The van der Waals surface area contributed by atoms with E-state index in [1.54, 1.807) is 0 Å². The van der Waals surface area contributed by atoms with Gasteiger partial charge >= 0.3 is 5.97 Å². The molecule has 1 rings (SSSR count). The van der Waals surface area contributed by atoms with E-state index in [0.29, 0.717) is 12.5 Å². The second-order valence-electron chi connectivity index (χ2n) is 3.02. The third-order valence-corrected chi connectivity index (χ3v) is 1.92. The molecule has 1 aliphatic rings. The summed E-state index contributed by atoms with van der Waals surface area (Å²) in [5.41, 5.74) is 0. The van der Waals surface area contributed by atoms with E-state index >= 15 is 0 Å². The third kappa shape index (κ3) is 2.86. The number of nitrogens with one attached hydrogen (secondary N) is 1. The van der Waals surface area contributed by atoms with Gasteiger partial charge in [0.25, 0.3) is 0 Å². The summed E-state index contributed by atoms with van der Waals surface area (Å²) in [6.07, 6.45) is 1.48. The maximum Gasteiger partial charge on any atom is 0.317 e. The van der Waals surface area contributed by atoms with Gasteiger partial charge in [-0.1, -0.05) is 0 Å². The highest BCUT2D eigenvalue weighted by Gasteiger charge is 2.26. The predicted octanol–water partition coefficient (Wildman–Crippen LogP) is -0.569. The van der Waals surface area contributed by atoms with Crippen LogP contribution in [-0.2, 0) is 4.79 Å². The minimum Gasteiger partial charge on any atom is -0.480 e. The molecule has 64 valence electrons. The van der Waals surface area contributed by atoms with Gasteiger partial charge < -0.3 is 15.5 Å². The molecular weight excluding hydrogens is 146 g/mol. The van der Waals surface area contributed by atoms with E-state index in [4.69, 9.17) is 10.2 Å². The molecule has 0 spiro atoms. The van der Waals surface area contributed by atoms with Crippen molar-refractivity contribution in [3.8, 4) is 0 Å². The van der Waals surface area contributed by atoms with E-state index in [9.17, 15) is 4.79 Å². The van der Waals surface area contributed by atoms with E-state index in [1.807, 2.05) is 0 Å². The van der Waals surface area contributed by atoms with Crippen LogP contribution >= 0.6 is 0 Å². The SMILES string of the molecule is O=C(O)CNCC1CC(O)C1. The van der Waals surface area contributed by atoms with Gasteiger partial charge in [-0.3, -0.25) is 4.79 Å². The standard InChI is InChI=1S/C7H13NO3/c9-6-1-5(2-6)3-8-4-7(10)11/h5-6,8-9H,1-4H2,(H,10,11). The molecule has 0 aromatic rings. The highest BCUT2D eigenvalue weighted by atomic mass is 16.4. The molecule has 0 radical (unpaired) electrons. The van der Waals surface area contributed by atoms with Crippen LogP contribution in [0, 0.1) is 5.92 Å². The van der Waals surface area contributed by atoms with Gasteiger partial charge in [-0.2, -0.15) is 0 Å². The number of hydrogen-bond acceptors (Lipinski definition) is 3. The highest BCUT2D eigenvalue weighted by Crippen LogP contribution is 2.25. The second kappa shape index (κ2) is 3.69. The lowest BCUT2D eigenvalue weighted by Crippen LogP contribution is -2.37. The number of hydrogen-bond donors (Lipinski definition) is 3. The average Bonchev–Trinajstić information content (AvgIpc) is 1.83. The molecule has 0 heterocycles. The van der Waals surface area contributed by atoms with Crippen LogP contribution in [0.25, 0.3) is 0 Å². The summed E-state index contributed by atoms with van der Waals surface area (Å²) in [7, 11) is 0.